The first-order chi connectivity index (χ1) is 18.9. The first-order valence-corrected chi connectivity index (χ1v) is 13.5. The summed E-state index contributed by atoms with van der Waals surface area (Å²) in [4.78, 5) is 4.68. The van der Waals surface area contributed by atoms with E-state index in [1.165, 1.54) is 45.3 Å². The molecule has 2 nitrogen and oxygen atoms in total. The van der Waals surface area contributed by atoms with Crippen LogP contribution in [0.15, 0.2) is 157 Å². The SMILES string of the molecule is C1=CC(N(c2ccccc2)c2ccc(-c3ccc(N(C4=CCCC=C4)c4ccccc4)cc3)cc2)=CCC1. The summed E-state index contributed by atoms with van der Waals surface area (Å²) in [7, 11) is 0. The molecule has 4 aromatic rings. The third-order valence-electron chi connectivity index (χ3n) is 7.08. The summed E-state index contributed by atoms with van der Waals surface area (Å²) in [5, 5.41) is 0. The summed E-state index contributed by atoms with van der Waals surface area (Å²) in [6, 6.07) is 39.1. The van der Waals surface area contributed by atoms with Crippen molar-refractivity contribution in [1.82, 2.24) is 0 Å². The average Bonchev–Trinajstić information content (AvgIpc) is 3.00. The Balaban J connectivity index is 1.29. The molecule has 0 fully saturated rings. The van der Waals surface area contributed by atoms with Crippen LogP contribution in [0, 0.1) is 0 Å². The third kappa shape index (κ3) is 5.12. The first kappa shape index (κ1) is 23.8. The molecule has 0 heterocycles. The Morgan fingerprint density at radius 1 is 0.368 bits per heavy atom. The Bertz CT molecular complexity index is 1360. The fourth-order valence-corrected chi connectivity index (χ4v) is 5.19. The number of nitrogens with zero attached hydrogens (tertiary/aromatic N) is 2. The number of benzene rings is 4. The summed E-state index contributed by atoms with van der Waals surface area (Å²) >= 11 is 0. The quantitative estimate of drug-likeness (QED) is 0.253. The standard InChI is InChI=1S/C36H32N2/c1-5-13-31(14-6-1)37(32-15-7-2-8-16-32)35-25-21-29(22-26-35)30-23-27-36(28-24-30)38(33-17-9-3-10-18-33)34-19-11-4-12-20-34/h1,3,5-7,9-11,13-28H,2,4,8,12H2. The Kier molecular flexibility index (Phi) is 7.04. The van der Waals surface area contributed by atoms with Gasteiger partial charge in [-0.25, -0.2) is 0 Å². The number of hydrogen-bond acceptors (Lipinski definition) is 2. The van der Waals surface area contributed by atoms with Crippen molar-refractivity contribution in [2.75, 3.05) is 9.80 Å². The molecule has 2 aliphatic rings. The van der Waals surface area contributed by atoms with Crippen LogP contribution in [-0.2, 0) is 0 Å². The second kappa shape index (κ2) is 11.2. The normalized spacial score (nSPS) is 14.5. The Morgan fingerprint density at radius 2 is 0.737 bits per heavy atom. The van der Waals surface area contributed by atoms with Crippen molar-refractivity contribution in [3.63, 3.8) is 0 Å². The maximum atomic E-state index is 2.34. The van der Waals surface area contributed by atoms with E-state index < -0.39 is 0 Å². The van der Waals surface area contributed by atoms with E-state index >= 15 is 0 Å². The van der Waals surface area contributed by atoms with Gasteiger partial charge in [-0.2, -0.15) is 0 Å². The zero-order chi connectivity index (χ0) is 25.6. The van der Waals surface area contributed by atoms with Crippen LogP contribution >= 0.6 is 0 Å². The summed E-state index contributed by atoms with van der Waals surface area (Å²) < 4.78 is 0. The molecule has 0 N–H and O–H groups in total. The third-order valence-corrected chi connectivity index (χ3v) is 7.08. The van der Waals surface area contributed by atoms with Crippen LogP contribution in [-0.4, -0.2) is 0 Å². The highest BCUT2D eigenvalue weighted by Gasteiger charge is 2.16. The molecule has 0 aromatic heterocycles. The van der Waals surface area contributed by atoms with Crippen LogP contribution < -0.4 is 9.80 Å². The zero-order valence-corrected chi connectivity index (χ0v) is 21.6. The molecule has 38 heavy (non-hydrogen) atoms. The van der Waals surface area contributed by atoms with Gasteiger partial charge < -0.3 is 9.80 Å². The van der Waals surface area contributed by atoms with E-state index in [-0.39, 0.29) is 0 Å². The fourth-order valence-electron chi connectivity index (χ4n) is 5.19. The maximum absolute atomic E-state index is 2.34. The largest absolute Gasteiger partial charge is 0.311 e. The maximum Gasteiger partial charge on any atom is 0.0461 e. The van der Waals surface area contributed by atoms with Gasteiger partial charge in [-0.15, -0.1) is 0 Å². The summed E-state index contributed by atoms with van der Waals surface area (Å²) in [5.74, 6) is 0. The molecule has 4 aromatic carbocycles. The van der Waals surface area contributed by atoms with Crippen LogP contribution in [0.25, 0.3) is 11.1 Å². The molecule has 0 atom stereocenters. The lowest BCUT2D eigenvalue weighted by atomic mass is 10.0. The number of para-hydroxylation sites is 2. The highest BCUT2D eigenvalue weighted by Crippen LogP contribution is 2.36. The number of anilines is 4. The Morgan fingerprint density at radius 3 is 1.08 bits per heavy atom. The fraction of sp³-hybridized carbons (Fsp3) is 0.111. The molecule has 0 bridgehead atoms. The molecule has 2 aliphatic carbocycles. The Labute approximate surface area is 226 Å². The molecule has 0 spiro atoms. The zero-order valence-electron chi connectivity index (χ0n) is 21.6. The predicted molar refractivity (Wildman–Crippen MR) is 162 cm³/mol. The topological polar surface area (TPSA) is 6.48 Å². The average molecular weight is 493 g/mol. The lowest BCUT2D eigenvalue weighted by Gasteiger charge is -2.28. The number of rotatable bonds is 7. The second-order valence-electron chi connectivity index (χ2n) is 9.65. The minimum atomic E-state index is 1.08. The van der Waals surface area contributed by atoms with Crippen molar-refractivity contribution in [3.05, 3.63) is 157 Å². The smallest absolute Gasteiger partial charge is 0.0461 e. The molecule has 0 aliphatic heterocycles. The van der Waals surface area contributed by atoms with Gasteiger partial charge in [0, 0.05) is 34.1 Å². The minimum absolute atomic E-state index is 1.08. The second-order valence-corrected chi connectivity index (χ2v) is 9.65. The van der Waals surface area contributed by atoms with Crippen LogP contribution in [0.2, 0.25) is 0 Å². The van der Waals surface area contributed by atoms with Gasteiger partial charge in [0.2, 0.25) is 0 Å². The summed E-state index contributed by atoms with van der Waals surface area (Å²) in [5.41, 5.74) is 9.57. The van der Waals surface area contributed by atoms with Crippen LogP contribution in [0.3, 0.4) is 0 Å². The lowest BCUT2D eigenvalue weighted by Crippen LogP contribution is -2.16. The van der Waals surface area contributed by atoms with Gasteiger partial charge in [-0.3, -0.25) is 0 Å². The lowest BCUT2D eigenvalue weighted by molar-refractivity contribution is 0.997. The van der Waals surface area contributed by atoms with Gasteiger partial charge >= 0.3 is 0 Å². The molecule has 0 amide bonds. The van der Waals surface area contributed by atoms with Gasteiger partial charge in [-0.05, 0) is 97.5 Å². The van der Waals surface area contributed by atoms with Crippen molar-refractivity contribution in [2.45, 2.75) is 25.7 Å². The molecule has 0 saturated carbocycles. The van der Waals surface area contributed by atoms with E-state index in [1.54, 1.807) is 0 Å². The number of allylic oxidation sites excluding steroid dienone is 6. The molecule has 2 heteroatoms. The van der Waals surface area contributed by atoms with Crippen molar-refractivity contribution in [3.8, 4) is 11.1 Å². The van der Waals surface area contributed by atoms with Gasteiger partial charge in [0.05, 0.1) is 0 Å². The summed E-state index contributed by atoms with van der Waals surface area (Å²) in [6.07, 6.45) is 18.0. The monoisotopic (exact) mass is 492 g/mol. The van der Waals surface area contributed by atoms with E-state index in [9.17, 15) is 0 Å². The van der Waals surface area contributed by atoms with Crippen LogP contribution in [0.4, 0.5) is 22.7 Å². The van der Waals surface area contributed by atoms with E-state index in [4.69, 9.17) is 0 Å². The highest BCUT2D eigenvalue weighted by atomic mass is 15.2. The van der Waals surface area contributed by atoms with Crippen molar-refractivity contribution in [2.24, 2.45) is 0 Å². The number of hydrogen-bond donors (Lipinski definition) is 0. The minimum Gasteiger partial charge on any atom is -0.311 e. The van der Waals surface area contributed by atoms with E-state index in [0.29, 0.717) is 0 Å². The highest BCUT2D eigenvalue weighted by molar-refractivity contribution is 5.76. The van der Waals surface area contributed by atoms with Crippen molar-refractivity contribution >= 4 is 22.7 Å². The molecular formula is C36H32N2. The van der Waals surface area contributed by atoms with Gasteiger partial charge in [-0.1, -0.05) is 85.0 Å². The molecular weight excluding hydrogens is 460 g/mol. The van der Waals surface area contributed by atoms with Crippen LogP contribution in [0.5, 0.6) is 0 Å². The Hall–Kier alpha value is -4.56. The molecule has 0 unspecified atom stereocenters. The van der Waals surface area contributed by atoms with Gasteiger partial charge in [0.25, 0.3) is 0 Å². The van der Waals surface area contributed by atoms with E-state index in [2.05, 4.69) is 155 Å². The van der Waals surface area contributed by atoms with E-state index in [1.807, 2.05) is 0 Å². The molecule has 0 saturated heterocycles. The van der Waals surface area contributed by atoms with Crippen LogP contribution in [0.1, 0.15) is 25.7 Å². The van der Waals surface area contributed by atoms with Crippen molar-refractivity contribution < 1.29 is 0 Å². The van der Waals surface area contributed by atoms with Gasteiger partial charge in [0.15, 0.2) is 0 Å². The van der Waals surface area contributed by atoms with Gasteiger partial charge in [0.1, 0.15) is 0 Å². The van der Waals surface area contributed by atoms with Crippen molar-refractivity contribution in [1.29, 1.82) is 0 Å². The summed E-state index contributed by atoms with van der Waals surface area (Å²) in [6.45, 7) is 0. The van der Waals surface area contributed by atoms with E-state index in [0.717, 1.165) is 25.7 Å². The predicted octanol–water partition coefficient (Wildman–Crippen LogP) is 10.1. The molecule has 0 radical (unpaired) electrons. The first-order valence-electron chi connectivity index (χ1n) is 13.5. The molecule has 186 valence electrons. The molecule has 6 rings (SSSR count).